The number of pyridine rings is 1. The van der Waals surface area contributed by atoms with Crippen LogP contribution >= 0.6 is 11.6 Å². The van der Waals surface area contributed by atoms with Crippen LogP contribution in [0.3, 0.4) is 0 Å². The van der Waals surface area contributed by atoms with Gasteiger partial charge >= 0.3 is 6.61 Å². The van der Waals surface area contributed by atoms with E-state index in [0.29, 0.717) is 29.9 Å². The quantitative estimate of drug-likeness (QED) is 0.539. The van der Waals surface area contributed by atoms with E-state index in [4.69, 9.17) is 16.3 Å². The minimum absolute atomic E-state index is 0.0384. The van der Waals surface area contributed by atoms with Gasteiger partial charge in [-0.25, -0.2) is 4.98 Å². The first-order chi connectivity index (χ1) is 13.5. The Morgan fingerprint density at radius 2 is 2.00 bits per heavy atom. The smallest absolute Gasteiger partial charge is 0.387 e. The third kappa shape index (κ3) is 4.36. The topological polar surface area (TPSA) is 39.0 Å². The van der Waals surface area contributed by atoms with Crippen molar-refractivity contribution in [3.05, 3.63) is 59.0 Å². The third-order valence-corrected chi connectivity index (χ3v) is 4.95. The SMILES string of the molecule is COc1cc(CN(Cc2cn3cc(Cl)ccc3n2)C2CC2)ccc1OC(F)F. The van der Waals surface area contributed by atoms with Crippen molar-refractivity contribution < 1.29 is 18.3 Å². The van der Waals surface area contributed by atoms with Gasteiger partial charge in [0.2, 0.25) is 0 Å². The average molecular weight is 408 g/mol. The first-order valence-electron chi connectivity index (χ1n) is 9.01. The highest BCUT2D eigenvalue weighted by Crippen LogP contribution is 2.33. The minimum atomic E-state index is -2.88. The zero-order chi connectivity index (χ0) is 19.7. The predicted molar refractivity (Wildman–Crippen MR) is 102 cm³/mol. The molecule has 1 aliphatic carbocycles. The molecule has 0 radical (unpaired) electrons. The molecule has 0 bridgehead atoms. The molecule has 4 rings (SSSR count). The molecule has 0 atom stereocenters. The van der Waals surface area contributed by atoms with Gasteiger partial charge in [-0.2, -0.15) is 8.78 Å². The summed E-state index contributed by atoms with van der Waals surface area (Å²) >= 11 is 6.05. The number of alkyl halides is 2. The number of fused-ring (bicyclic) bond motifs is 1. The van der Waals surface area contributed by atoms with Crippen molar-refractivity contribution in [3.8, 4) is 11.5 Å². The molecule has 28 heavy (non-hydrogen) atoms. The molecule has 0 N–H and O–H groups in total. The fourth-order valence-electron chi connectivity index (χ4n) is 3.29. The Balaban J connectivity index is 1.52. The van der Waals surface area contributed by atoms with E-state index in [2.05, 4.69) is 14.6 Å². The molecule has 3 aromatic rings. The van der Waals surface area contributed by atoms with Crippen molar-refractivity contribution in [3.63, 3.8) is 0 Å². The fourth-order valence-corrected chi connectivity index (χ4v) is 3.46. The lowest BCUT2D eigenvalue weighted by Gasteiger charge is -2.21. The van der Waals surface area contributed by atoms with Gasteiger partial charge in [0, 0.05) is 31.5 Å². The normalized spacial score (nSPS) is 14.2. The molecule has 0 aliphatic heterocycles. The van der Waals surface area contributed by atoms with Gasteiger partial charge in [-0.1, -0.05) is 17.7 Å². The summed E-state index contributed by atoms with van der Waals surface area (Å²) in [5, 5.41) is 0.661. The second-order valence-electron chi connectivity index (χ2n) is 6.84. The van der Waals surface area contributed by atoms with E-state index in [1.165, 1.54) is 13.2 Å². The van der Waals surface area contributed by atoms with E-state index in [-0.39, 0.29) is 5.75 Å². The van der Waals surface area contributed by atoms with Gasteiger partial charge in [0.25, 0.3) is 0 Å². The van der Waals surface area contributed by atoms with Crippen molar-refractivity contribution in [1.82, 2.24) is 14.3 Å². The summed E-state index contributed by atoms with van der Waals surface area (Å²) in [6, 6.07) is 9.27. The van der Waals surface area contributed by atoms with Gasteiger partial charge in [0.15, 0.2) is 11.5 Å². The molecule has 0 spiro atoms. The van der Waals surface area contributed by atoms with Gasteiger partial charge in [-0.15, -0.1) is 0 Å². The van der Waals surface area contributed by atoms with Gasteiger partial charge in [-0.3, -0.25) is 4.90 Å². The lowest BCUT2D eigenvalue weighted by Crippen LogP contribution is -2.25. The Bertz CT molecular complexity index is 975. The molecule has 1 saturated carbocycles. The van der Waals surface area contributed by atoms with E-state index in [1.807, 2.05) is 28.9 Å². The van der Waals surface area contributed by atoms with Crippen LogP contribution in [0.2, 0.25) is 5.02 Å². The molecule has 2 heterocycles. The number of benzene rings is 1. The molecular formula is C20H20ClF2N3O2. The molecule has 1 aliphatic rings. The molecule has 148 valence electrons. The number of hydrogen-bond donors (Lipinski definition) is 0. The molecule has 8 heteroatoms. The van der Waals surface area contributed by atoms with Crippen LogP contribution < -0.4 is 9.47 Å². The lowest BCUT2D eigenvalue weighted by atomic mass is 10.1. The van der Waals surface area contributed by atoms with E-state index < -0.39 is 6.61 Å². The highest BCUT2D eigenvalue weighted by molar-refractivity contribution is 6.30. The van der Waals surface area contributed by atoms with Crippen molar-refractivity contribution in [2.75, 3.05) is 7.11 Å². The Morgan fingerprint density at radius 3 is 2.71 bits per heavy atom. The molecular weight excluding hydrogens is 388 g/mol. The molecule has 1 aromatic carbocycles. The number of methoxy groups -OCH3 is 1. The Hall–Kier alpha value is -2.38. The Morgan fingerprint density at radius 1 is 1.18 bits per heavy atom. The summed E-state index contributed by atoms with van der Waals surface area (Å²) in [5.74, 6) is 0.340. The van der Waals surface area contributed by atoms with Crippen LogP contribution in [0.5, 0.6) is 11.5 Å². The first kappa shape index (κ1) is 19.0. The Labute approximate surface area is 166 Å². The van der Waals surface area contributed by atoms with Crippen LogP contribution in [0.1, 0.15) is 24.1 Å². The molecule has 0 saturated heterocycles. The summed E-state index contributed by atoms with van der Waals surface area (Å²) in [5.41, 5.74) is 2.78. The summed E-state index contributed by atoms with van der Waals surface area (Å²) in [7, 11) is 1.44. The monoisotopic (exact) mass is 407 g/mol. The summed E-state index contributed by atoms with van der Waals surface area (Å²) in [6.45, 7) is -1.52. The van der Waals surface area contributed by atoms with Crippen LogP contribution in [0.4, 0.5) is 8.78 Å². The molecule has 5 nitrogen and oxygen atoms in total. The van der Waals surface area contributed by atoms with Crippen LogP contribution in [0.15, 0.2) is 42.7 Å². The van der Waals surface area contributed by atoms with Gasteiger partial charge in [0.1, 0.15) is 5.65 Å². The maximum absolute atomic E-state index is 12.5. The van der Waals surface area contributed by atoms with Gasteiger partial charge in [0.05, 0.1) is 17.8 Å². The second-order valence-corrected chi connectivity index (χ2v) is 7.28. The van der Waals surface area contributed by atoms with E-state index in [9.17, 15) is 8.78 Å². The highest BCUT2D eigenvalue weighted by Gasteiger charge is 2.29. The van der Waals surface area contributed by atoms with E-state index in [1.54, 1.807) is 12.1 Å². The average Bonchev–Trinajstić information content (AvgIpc) is 3.42. The van der Waals surface area contributed by atoms with Crippen molar-refractivity contribution in [2.24, 2.45) is 0 Å². The van der Waals surface area contributed by atoms with Crippen LogP contribution in [0.25, 0.3) is 5.65 Å². The van der Waals surface area contributed by atoms with E-state index >= 15 is 0 Å². The summed E-state index contributed by atoms with van der Waals surface area (Å²) in [6.07, 6.45) is 6.10. The summed E-state index contributed by atoms with van der Waals surface area (Å²) in [4.78, 5) is 7.00. The standard InChI is InChI=1S/C20H20ClF2N3O2/c1-27-18-8-13(2-6-17(18)28-20(22)23)9-25(16-4-5-16)11-15-12-26-10-14(21)3-7-19(26)24-15/h2-3,6-8,10,12,16,20H,4-5,9,11H2,1H3. The highest BCUT2D eigenvalue weighted by atomic mass is 35.5. The first-order valence-corrected chi connectivity index (χ1v) is 9.38. The molecule has 0 amide bonds. The lowest BCUT2D eigenvalue weighted by molar-refractivity contribution is -0.0512. The third-order valence-electron chi connectivity index (χ3n) is 4.72. The van der Waals surface area contributed by atoms with Crippen molar-refractivity contribution >= 4 is 17.2 Å². The van der Waals surface area contributed by atoms with Crippen LogP contribution in [-0.4, -0.2) is 34.0 Å². The number of aromatic nitrogens is 2. The van der Waals surface area contributed by atoms with Crippen LogP contribution in [0, 0.1) is 0 Å². The molecule has 0 unspecified atom stereocenters. The number of ether oxygens (including phenoxy) is 2. The molecule has 1 fully saturated rings. The minimum Gasteiger partial charge on any atom is -0.493 e. The maximum atomic E-state index is 12.5. The van der Waals surface area contributed by atoms with Crippen molar-refractivity contribution in [1.29, 1.82) is 0 Å². The second kappa shape index (κ2) is 7.93. The number of hydrogen-bond acceptors (Lipinski definition) is 4. The number of halogens is 3. The van der Waals surface area contributed by atoms with Crippen molar-refractivity contribution in [2.45, 2.75) is 38.6 Å². The zero-order valence-electron chi connectivity index (χ0n) is 15.3. The zero-order valence-corrected chi connectivity index (χ0v) is 16.1. The Kier molecular flexibility index (Phi) is 5.37. The maximum Gasteiger partial charge on any atom is 0.387 e. The number of imidazole rings is 1. The van der Waals surface area contributed by atoms with Gasteiger partial charge < -0.3 is 13.9 Å². The predicted octanol–water partition coefficient (Wildman–Crippen LogP) is 4.76. The number of nitrogens with zero attached hydrogens (tertiary/aromatic N) is 3. The number of rotatable bonds is 8. The fraction of sp³-hybridized carbons (Fsp3) is 0.350. The van der Waals surface area contributed by atoms with Gasteiger partial charge in [-0.05, 0) is 42.7 Å². The van der Waals surface area contributed by atoms with E-state index in [0.717, 1.165) is 29.7 Å². The summed E-state index contributed by atoms with van der Waals surface area (Å²) < 4.78 is 36.7. The largest absolute Gasteiger partial charge is 0.493 e. The molecule has 2 aromatic heterocycles. The van der Waals surface area contributed by atoms with Crippen LogP contribution in [-0.2, 0) is 13.1 Å².